The first kappa shape index (κ1) is 19.0. The second-order valence-electron chi connectivity index (χ2n) is 7.84. The fourth-order valence-electron chi connectivity index (χ4n) is 4.33. The van der Waals surface area contributed by atoms with Gasteiger partial charge in [-0.1, -0.05) is 45.2 Å². The van der Waals surface area contributed by atoms with Crippen LogP contribution < -0.4 is 0 Å². The van der Waals surface area contributed by atoms with E-state index in [1.807, 2.05) is 6.07 Å². The van der Waals surface area contributed by atoms with Gasteiger partial charge in [-0.05, 0) is 66.3 Å². The molecule has 3 rings (SSSR count). The van der Waals surface area contributed by atoms with Gasteiger partial charge in [0.2, 0.25) is 0 Å². The van der Waals surface area contributed by atoms with Crippen molar-refractivity contribution in [1.82, 2.24) is 0 Å². The molecule has 0 spiro atoms. The summed E-state index contributed by atoms with van der Waals surface area (Å²) in [5, 5.41) is 0. The Bertz CT molecular complexity index is 725. The normalized spacial score (nSPS) is 21.6. The van der Waals surface area contributed by atoms with Crippen LogP contribution in [0.15, 0.2) is 36.4 Å². The van der Waals surface area contributed by atoms with E-state index in [0.29, 0.717) is 11.8 Å². The lowest BCUT2D eigenvalue weighted by molar-refractivity contribution is 0.210. The van der Waals surface area contributed by atoms with Crippen LogP contribution in [0.1, 0.15) is 51.5 Å². The van der Waals surface area contributed by atoms with Gasteiger partial charge in [0.25, 0.3) is 0 Å². The Balaban J connectivity index is 1.69. The number of benzene rings is 2. The first-order valence-corrected chi connectivity index (χ1v) is 9.71. The summed E-state index contributed by atoms with van der Waals surface area (Å²) in [6.07, 6.45) is 7.27. The first-order valence-electron chi connectivity index (χ1n) is 9.71. The zero-order valence-corrected chi connectivity index (χ0v) is 15.6. The lowest BCUT2D eigenvalue weighted by Crippen LogP contribution is -2.21. The average molecular weight is 360 g/mol. The maximum Gasteiger partial charge on any atom is 0.131 e. The molecule has 1 aliphatic carbocycles. The van der Waals surface area contributed by atoms with Crippen LogP contribution in [0.3, 0.4) is 0 Å². The minimum absolute atomic E-state index is 0.234. The molecule has 0 radical (unpaired) electrons. The smallest absolute Gasteiger partial charge is 0.131 e. The molecule has 0 amide bonds. The predicted molar refractivity (Wildman–Crippen MR) is 100 cm³/mol. The third-order valence-corrected chi connectivity index (χ3v) is 6.04. The van der Waals surface area contributed by atoms with Crippen LogP contribution in [0.4, 0.5) is 13.2 Å². The van der Waals surface area contributed by atoms with Crippen LogP contribution in [0.2, 0.25) is 0 Å². The van der Waals surface area contributed by atoms with Gasteiger partial charge in [-0.2, -0.15) is 0 Å². The minimum Gasteiger partial charge on any atom is -0.207 e. The molecule has 0 aliphatic heterocycles. The summed E-state index contributed by atoms with van der Waals surface area (Å²) < 4.78 is 41.3. The summed E-state index contributed by atoms with van der Waals surface area (Å²) in [6, 6.07) is 8.16. The van der Waals surface area contributed by atoms with E-state index in [9.17, 15) is 13.2 Å². The van der Waals surface area contributed by atoms with Gasteiger partial charge in [0.15, 0.2) is 0 Å². The number of hydrogen-bond acceptors (Lipinski definition) is 0. The van der Waals surface area contributed by atoms with Crippen molar-refractivity contribution >= 4 is 0 Å². The van der Waals surface area contributed by atoms with E-state index in [2.05, 4.69) is 13.8 Å². The predicted octanol–water partition coefficient (Wildman–Crippen LogP) is 7.17. The first-order chi connectivity index (χ1) is 12.5. The molecule has 0 saturated heterocycles. The second kappa shape index (κ2) is 8.28. The molecule has 0 N–H and O–H groups in total. The van der Waals surface area contributed by atoms with E-state index in [0.717, 1.165) is 36.1 Å². The van der Waals surface area contributed by atoms with Crippen molar-refractivity contribution in [3.63, 3.8) is 0 Å². The van der Waals surface area contributed by atoms with Crippen molar-refractivity contribution in [2.45, 2.75) is 52.4 Å². The quantitative estimate of drug-likeness (QED) is 0.530. The third kappa shape index (κ3) is 4.49. The van der Waals surface area contributed by atoms with Gasteiger partial charge in [-0.3, -0.25) is 0 Å². The summed E-state index contributed by atoms with van der Waals surface area (Å²) in [7, 11) is 0. The van der Waals surface area contributed by atoms with Gasteiger partial charge < -0.3 is 0 Å². The SMILES string of the molecule is CCC1CCC(C(C)Cc2ccc(-c3cc(F)cc(F)c3)c(F)c2)CC1. The Morgan fingerprint density at radius 1 is 0.923 bits per heavy atom. The molecule has 1 fully saturated rings. The number of hydrogen-bond donors (Lipinski definition) is 0. The van der Waals surface area contributed by atoms with Crippen LogP contribution in [0.5, 0.6) is 0 Å². The third-order valence-electron chi connectivity index (χ3n) is 6.04. The Hall–Kier alpha value is -1.77. The van der Waals surface area contributed by atoms with Gasteiger partial charge in [-0.25, -0.2) is 13.2 Å². The van der Waals surface area contributed by atoms with Crippen LogP contribution in [-0.2, 0) is 6.42 Å². The average Bonchev–Trinajstić information content (AvgIpc) is 2.61. The summed E-state index contributed by atoms with van der Waals surface area (Å²) in [5.41, 5.74) is 1.42. The molecule has 1 atom stereocenters. The highest BCUT2D eigenvalue weighted by molar-refractivity contribution is 5.64. The van der Waals surface area contributed by atoms with E-state index in [1.165, 1.54) is 38.2 Å². The molecule has 2 aromatic rings. The molecule has 3 heteroatoms. The van der Waals surface area contributed by atoms with Gasteiger partial charge >= 0.3 is 0 Å². The largest absolute Gasteiger partial charge is 0.207 e. The van der Waals surface area contributed by atoms with Crippen molar-refractivity contribution in [2.75, 3.05) is 0 Å². The molecule has 0 nitrogen and oxygen atoms in total. The summed E-state index contributed by atoms with van der Waals surface area (Å²) in [4.78, 5) is 0. The van der Waals surface area contributed by atoms with E-state index >= 15 is 0 Å². The number of rotatable bonds is 5. The highest BCUT2D eigenvalue weighted by atomic mass is 19.1. The van der Waals surface area contributed by atoms with Crippen LogP contribution in [0, 0.1) is 35.2 Å². The zero-order chi connectivity index (χ0) is 18.7. The molecule has 1 aliphatic rings. The maximum absolute atomic E-state index is 14.5. The second-order valence-corrected chi connectivity index (χ2v) is 7.84. The Morgan fingerprint density at radius 3 is 2.15 bits per heavy atom. The van der Waals surface area contributed by atoms with E-state index < -0.39 is 17.5 Å². The van der Waals surface area contributed by atoms with Crippen molar-refractivity contribution in [2.24, 2.45) is 17.8 Å². The highest BCUT2D eigenvalue weighted by Crippen LogP contribution is 2.36. The Morgan fingerprint density at radius 2 is 1.58 bits per heavy atom. The van der Waals surface area contributed by atoms with Gasteiger partial charge in [-0.15, -0.1) is 0 Å². The molecule has 1 unspecified atom stereocenters. The monoisotopic (exact) mass is 360 g/mol. The molecule has 140 valence electrons. The maximum atomic E-state index is 14.5. The Kier molecular flexibility index (Phi) is 6.05. The molecule has 0 aromatic heterocycles. The lowest BCUT2D eigenvalue weighted by Gasteiger charge is -2.32. The van der Waals surface area contributed by atoms with Crippen LogP contribution in [-0.4, -0.2) is 0 Å². The van der Waals surface area contributed by atoms with E-state index in [-0.39, 0.29) is 11.1 Å². The summed E-state index contributed by atoms with van der Waals surface area (Å²) in [6.45, 7) is 4.52. The fraction of sp³-hybridized carbons (Fsp3) is 0.478. The van der Waals surface area contributed by atoms with Crippen molar-refractivity contribution in [3.8, 4) is 11.1 Å². The molecule has 0 heterocycles. The molecule has 0 bridgehead atoms. The topological polar surface area (TPSA) is 0 Å². The Labute approximate surface area is 154 Å². The summed E-state index contributed by atoms with van der Waals surface area (Å²) >= 11 is 0. The molecule has 2 aromatic carbocycles. The highest BCUT2D eigenvalue weighted by Gasteiger charge is 2.24. The van der Waals surface area contributed by atoms with Crippen molar-refractivity contribution in [1.29, 1.82) is 0 Å². The van der Waals surface area contributed by atoms with Crippen LogP contribution in [0.25, 0.3) is 11.1 Å². The van der Waals surface area contributed by atoms with Gasteiger partial charge in [0, 0.05) is 11.6 Å². The zero-order valence-electron chi connectivity index (χ0n) is 15.6. The van der Waals surface area contributed by atoms with Gasteiger partial charge in [0.05, 0.1) is 0 Å². The standard InChI is InChI=1S/C23H27F3/c1-3-16-4-7-18(8-5-16)15(2)10-17-6-9-22(23(26)11-17)19-12-20(24)14-21(25)13-19/h6,9,11-16,18H,3-5,7-8,10H2,1-2H3. The molecule has 26 heavy (non-hydrogen) atoms. The summed E-state index contributed by atoms with van der Waals surface area (Å²) in [5.74, 6) is 0.290. The van der Waals surface area contributed by atoms with E-state index in [4.69, 9.17) is 0 Å². The fourth-order valence-corrected chi connectivity index (χ4v) is 4.33. The molecular weight excluding hydrogens is 333 g/mol. The van der Waals surface area contributed by atoms with E-state index in [1.54, 1.807) is 6.07 Å². The lowest BCUT2D eigenvalue weighted by atomic mass is 9.74. The van der Waals surface area contributed by atoms with Crippen molar-refractivity contribution < 1.29 is 13.2 Å². The van der Waals surface area contributed by atoms with Crippen LogP contribution >= 0.6 is 0 Å². The van der Waals surface area contributed by atoms with Gasteiger partial charge in [0.1, 0.15) is 17.5 Å². The number of halogens is 3. The minimum atomic E-state index is -0.695. The van der Waals surface area contributed by atoms with Crippen molar-refractivity contribution in [3.05, 3.63) is 59.4 Å². The molecule has 1 saturated carbocycles. The molecular formula is C23H27F3.